The van der Waals surface area contributed by atoms with Gasteiger partial charge in [0.25, 0.3) is 0 Å². The molecule has 100 heavy (non-hydrogen) atoms. The van der Waals surface area contributed by atoms with Crippen LogP contribution < -0.4 is 13.7 Å². The van der Waals surface area contributed by atoms with Gasteiger partial charge in [0.15, 0.2) is 18.6 Å². The topological polar surface area (TPSA) is 26.4 Å². The number of rotatable bonds is 6. The molecule has 6 aromatic heterocycles. The van der Waals surface area contributed by atoms with Crippen molar-refractivity contribution < 1.29 is 19.2 Å². The lowest BCUT2D eigenvalue weighted by molar-refractivity contribution is -0.659. The number of aromatic nitrogens is 6. The van der Waals surface area contributed by atoms with Crippen LogP contribution in [0.1, 0.15) is 93.6 Å². The molecule has 0 bridgehead atoms. The summed E-state index contributed by atoms with van der Waals surface area (Å²) in [5, 5.41) is 15.1. The summed E-state index contributed by atoms with van der Waals surface area (Å²) in [5.74, 6) is -0.420. The van der Waals surface area contributed by atoms with Crippen molar-refractivity contribution in [1.82, 2.24) is 13.7 Å². The molecule has 0 atom stereocenters. The molecule has 1 aliphatic carbocycles. The zero-order valence-electron chi connectivity index (χ0n) is 61.0. The summed E-state index contributed by atoms with van der Waals surface area (Å²) in [6, 6.07) is 84.8. The second-order valence-corrected chi connectivity index (χ2v) is 27.2. The minimum absolute atomic E-state index is 0. The standard InChI is InChI=1S/C31H27N2.C30H31N2.C30H25N2.3CH4/c1-20-10-13-26(21(2)14-20)29-18-28-27-16-24-12-11-23(22-8-6-5-7-9-22)15-25(24)17-30(27)33(4)31(28)19-32(29)3;2*1-20-9-7-8-12-25(20)28-18-27-26-16-23-14-13-22(21-10-5-4-6-11-21)15-24(23)17-29(26)32(3)30(27)19-31(28)2;;;/h5-19H,1-4H3;7-9,12-19,21H,4-6,10-11H2,1-3H3;4-19H,1-3H3;3*1H4/q3*+1;;;/i1D3;21D;;;;. The molecule has 11 aromatic carbocycles. The molecular weight excluding hydrogens is 1210 g/mol. The fourth-order valence-electron chi connectivity index (χ4n) is 15.7. The SMILES string of the molecule is C.C.C.Cc1ccccc1-c1cc2c3cc4ccc(-c5ccccc5)cc4cc3n(C)c2c[n+]1C.[2H]C([2H])([2H])c1ccc(-c2cc3c4cc5ccc(-c6ccccc6)cc5cc4n(C)c3c[n+]2C)c(C)c1.[2H]C1(c2ccc3cc4c5cc(-c6ccccc6C)[n+](C)cc5n(C)c4cc3c2)CCCCC1. The van der Waals surface area contributed by atoms with Gasteiger partial charge in [-0.15, -0.1) is 0 Å². The van der Waals surface area contributed by atoms with E-state index in [4.69, 9.17) is 5.48 Å². The highest BCUT2D eigenvalue weighted by Gasteiger charge is 2.24. The zero-order chi connectivity index (χ0) is 69.8. The fourth-order valence-corrected chi connectivity index (χ4v) is 15.7. The van der Waals surface area contributed by atoms with Gasteiger partial charge in [0.05, 0.1) is 0 Å². The Morgan fingerprint density at radius 3 is 1.10 bits per heavy atom. The largest absolute Gasteiger partial charge is 0.339 e. The third-order valence-corrected chi connectivity index (χ3v) is 21.1. The molecule has 498 valence electrons. The Kier molecular flexibility index (Phi) is 17.1. The van der Waals surface area contributed by atoms with Crippen molar-refractivity contribution in [2.45, 2.75) is 87.9 Å². The molecule has 18 rings (SSSR count). The van der Waals surface area contributed by atoms with Crippen LogP contribution in [0.25, 0.3) is 154 Å². The number of aryl methyl sites for hydroxylation is 10. The Morgan fingerprint density at radius 1 is 0.330 bits per heavy atom. The van der Waals surface area contributed by atoms with Crippen molar-refractivity contribution in [2.75, 3.05) is 0 Å². The van der Waals surface area contributed by atoms with Crippen LogP contribution in [0, 0.1) is 27.6 Å². The Balaban J connectivity index is 0.000000137. The first kappa shape index (κ1) is 62.6. The van der Waals surface area contributed by atoms with Gasteiger partial charge in [0, 0.05) is 110 Å². The molecule has 1 saturated carbocycles. The lowest BCUT2D eigenvalue weighted by Crippen LogP contribution is -2.30. The van der Waals surface area contributed by atoms with Crippen LogP contribution in [0.4, 0.5) is 0 Å². The van der Waals surface area contributed by atoms with E-state index in [2.05, 4.69) is 307 Å². The summed E-state index contributed by atoms with van der Waals surface area (Å²) < 4.78 is 45.8. The summed E-state index contributed by atoms with van der Waals surface area (Å²) in [6.45, 7) is 4.24. The van der Waals surface area contributed by atoms with Crippen molar-refractivity contribution in [3.8, 4) is 56.0 Å². The molecule has 0 spiro atoms. The molecule has 0 unspecified atom stereocenters. The minimum atomic E-state index is -2.10. The van der Waals surface area contributed by atoms with E-state index in [1.54, 1.807) is 12.1 Å². The van der Waals surface area contributed by atoms with Gasteiger partial charge in [-0.3, -0.25) is 0 Å². The number of hydrogen-bond acceptors (Lipinski definition) is 0. The third kappa shape index (κ3) is 12.1. The van der Waals surface area contributed by atoms with Crippen LogP contribution in [0.2, 0.25) is 0 Å². The summed E-state index contributed by atoms with van der Waals surface area (Å²) in [6.07, 6.45) is 12.3. The maximum Gasteiger partial charge on any atom is 0.213 e. The molecule has 6 heteroatoms. The van der Waals surface area contributed by atoms with Crippen LogP contribution in [-0.4, -0.2) is 13.7 Å². The van der Waals surface area contributed by atoms with E-state index in [-0.39, 0.29) is 22.3 Å². The molecular formula is C94H95N6+3. The highest BCUT2D eigenvalue weighted by molar-refractivity contribution is 6.16. The summed E-state index contributed by atoms with van der Waals surface area (Å²) in [5.41, 5.74) is 24.5. The van der Waals surface area contributed by atoms with Gasteiger partial charge in [-0.05, 0) is 190 Å². The lowest BCUT2D eigenvalue weighted by Gasteiger charge is -2.22. The van der Waals surface area contributed by atoms with Crippen molar-refractivity contribution in [3.63, 3.8) is 0 Å². The first-order valence-corrected chi connectivity index (χ1v) is 34.2. The molecule has 0 radical (unpaired) electrons. The predicted octanol–water partition coefficient (Wildman–Crippen LogP) is 23.5. The van der Waals surface area contributed by atoms with E-state index in [1.807, 2.05) is 26.1 Å². The monoisotopic (exact) mass is 1310 g/mol. The van der Waals surface area contributed by atoms with E-state index in [1.165, 1.54) is 173 Å². The van der Waals surface area contributed by atoms with Gasteiger partial charge >= 0.3 is 0 Å². The average molecular weight is 1310 g/mol. The number of nitrogens with zero attached hydrogens (tertiary/aromatic N) is 6. The highest BCUT2D eigenvalue weighted by Crippen LogP contribution is 2.40. The molecule has 0 amide bonds. The van der Waals surface area contributed by atoms with E-state index in [0.29, 0.717) is 5.56 Å². The predicted molar refractivity (Wildman–Crippen MR) is 429 cm³/mol. The fraction of sp³-hybridized carbons (Fsp3) is 0.202. The first-order valence-electron chi connectivity index (χ1n) is 36.2. The Morgan fingerprint density at radius 2 is 0.700 bits per heavy atom. The van der Waals surface area contributed by atoms with Crippen LogP contribution in [0.15, 0.2) is 255 Å². The van der Waals surface area contributed by atoms with E-state index in [9.17, 15) is 0 Å². The molecule has 0 N–H and O–H groups in total. The number of benzene rings is 11. The Hall–Kier alpha value is -11.0. The van der Waals surface area contributed by atoms with Gasteiger partial charge in [-0.25, -0.2) is 0 Å². The van der Waals surface area contributed by atoms with Gasteiger partial charge < -0.3 is 13.7 Å². The van der Waals surface area contributed by atoms with Gasteiger partial charge in [-0.2, -0.15) is 13.7 Å². The Bertz CT molecular complexity index is 6170. The van der Waals surface area contributed by atoms with Crippen molar-refractivity contribution in [3.05, 3.63) is 283 Å². The highest BCUT2D eigenvalue weighted by atomic mass is 15.0. The third-order valence-electron chi connectivity index (χ3n) is 21.1. The molecule has 1 aliphatic rings. The quantitative estimate of drug-likeness (QED) is 0.148. The van der Waals surface area contributed by atoms with E-state index >= 15 is 0 Å². The van der Waals surface area contributed by atoms with Gasteiger partial charge in [0.2, 0.25) is 17.1 Å². The van der Waals surface area contributed by atoms with Crippen LogP contribution in [-0.2, 0) is 42.3 Å². The lowest BCUT2D eigenvalue weighted by atomic mass is 9.83. The van der Waals surface area contributed by atoms with Gasteiger partial charge in [-0.1, -0.05) is 199 Å². The van der Waals surface area contributed by atoms with Crippen molar-refractivity contribution >= 4 is 97.7 Å². The average Bonchev–Trinajstić information content (AvgIpc) is 1.58. The number of fused-ring (bicyclic) bond motifs is 12. The van der Waals surface area contributed by atoms with Crippen molar-refractivity contribution in [2.24, 2.45) is 42.3 Å². The summed E-state index contributed by atoms with van der Waals surface area (Å²) >= 11 is 0. The van der Waals surface area contributed by atoms with E-state index in [0.717, 1.165) is 35.2 Å². The maximum atomic E-state index is 9.07. The molecule has 0 aliphatic heterocycles. The number of hydrogen-bond donors (Lipinski definition) is 0. The number of pyridine rings is 3. The van der Waals surface area contributed by atoms with Crippen LogP contribution in [0.3, 0.4) is 0 Å². The summed E-state index contributed by atoms with van der Waals surface area (Å²) in [7, 11) is 12.8. The minimum Gasteiger partial charge on any atom is -0.339 e. The summed E-state index contributed by atoms with van der Waals surface area (Å²) in [4.78, 5) is 0. The normalized spacial score (nSPS) is 13.4. The van der Waals surface area contributed by atoms with Crippen LogP contribution >= 0.6 is 0 Å². The molecule has 0 saturated heterocycles. The first-order chi connectivity index (χ1) is 48.7. The second-order valence-electron chi connectivity index (χ2n) is 27.2. The maximum absolute atomic E-state index is 9.07. The zero-order valence-corrected chi connectivity index (χ0v) is 57.0. The molecule has 6 nitrogen and oxygen atoms in total. The molecule has 1 fully saturated rings. The van der Waals surface area contributed by atoms with Crippen molar-refractivity contribution in [1.29, 1.82) is 0 Å². The smallest absolute Gasteiger partial charge is 0.213 e. The molecule has 6 heterocycles. The van der Waals surface area contributed by atoms with E-state index < -0.39 is 12.7 Å². The van der Waals surface area contributed by atoms with Gasteiger partial charge in [0.1, 0.15) is 37.7 Å². The Labute approximate surface area is 596 Å². The van der Waals surface area contributed by atoms with Crippen LogP contribution in [0.5, 0.6) is 0 Å². The second kappa shape index (κ2) is 27.4. The molecule has 17 aromatic rings.